The minimum absolute atomic E-state index is 0.242. The third kappa shape index (κ3) is 2.98. The zero-order valence-corrected chi connectivity index (χ0v) is 10.7. The smallest absolute Gasteiger partial charge is 0.122 e. The van der Waals surface area contributed by atoms with Gasteiger partial charge in [0.05, 0.1) is 6.10 Å². The van der Waals surface area contributed by atoms with E-state index < -0.39 is 0 Å². The predicted molar refractivity (Wildman–Crippen MR) is 65.8 cm³/mol. The van der Waals surface area contributed by atoms with E-state index in [1.54, 1.807) is 0 Å². The fourth-order valence-corrected chi connectivity index (χ4v) is 1.85. The molecule has 0 bridgehead atoms. The van der Waals surface area contributed by atoms with Gasteiger partial charge in [0, 0.05) is 0 Å². The minimum Gasteiger partial charge on any atom is -0.491 e. The highest BCUT2D eigenvalue weighted by Gasteiger charge is 2.09. The van der Waals surface area contributed by atoms with Gasteiger partial charge in [0.15, 0.2) is 0 Å². The third-order valence-corrected chi connectivity index (χ3v) is 2.55. The highest BCUT2D eigenvalue weighted by atomic mass is 16.5. The summed E-state index contributed by atoms with van der Waals surface area (Å²) in [6.07, 6.45) is 0.242. The molecule has 0 unspecified atom stereocenters. The van der Waals surface area contributed by atoms with E-state index in [4.69, 9.17) is 4.74 Å². The molecule has 0 saturated heterocycles. The number of hydrogen-bond acceptors (Lipinski definition) is 1. The van der Waals surface area contributed by atoms with Crippen molar-refractivity contribution in [2.45, 2.75) is 53.6 Å². The molecule has 1 aromatic rings. The summed E-state index contributed by atoms with van der Waals surface area (Å²) in [5, 5.41) is 0. The van der Waals surface area contributed by atoms with Gasteiger partial charge >= 0.3 is 0 Å². The van der Waals surface area contributed by atoms with Gasteiger partial charge in [-0.3, -0.25) is 0 Å². The Morgan fingerprint density at radius 2 is 1.53 bits per heavy atom. The predicted octanol–water partition coefficient (Wildman–Crippen LogP) is 4.21. The SMILES string of the molecule is Cc1cc(C)c(C(C)C)cc1OC(C)C. The first-order valence-corrected chi connectivity index (χ1v) is 5.69. The normalized spacial score (nSPS) is 11.2. The molecule has 0 aliphatic heterocycles. The molecular weight excluding hydrogens is 184 g/mol. The Morgan fingerprint density at radius 3 is 2.00 bits per heavy atom. The van der Waals surface area contributed by atoms with Crippen molar-refractivity contribution in [3.8, 4) is 5.75 Å². The first kappa shape index (κ1) is 12.1. The summed E-state index contributed by atoms with van der Waals surface area (Å²) in [5.41, 5.74) is 3.97. The van der Waals surface area contributed by atoms with Crippen molar-refractivity contribution in [3.63, 3.8) is 0 Å². The quantitative estimate of drug-likeness (QED) is 0.719. The van der Waals surface area contributed by atoms with Crippen molar-refractivity contribution in [3.05, 3.63) is 28.8 Å². The van der Waals surface area contributed by atoms with E-state index in [0.29, 0.717) is 5.92 Å². The molecule has 1 rings (SSSR count). The van der Waals surface area contributed by atoms with Crippen LogP contribution >= 0.6 is 0 Å². The molecule has 0 aromatic heterocycles. The number of aryl methyl sites for hydroxylation is 2. The average Bonchev–Trinajstić information content (AvgIpc) is 2.08. The zero-order chi connectivity index (χ0) is 11.6. The Kier molecular flexibility index (Phi) is 3.78. The molecule has 0 atom stereocenters. The van der Waals surface area contributed by atoms with Gasteiger partial charge in [-0.25, -0.2) is 0 Å². The van der Waals surface area contributed by atoms with E-state index in [0.717, 1.165) is 5.75 Å². The molecule has 15 heavy (non-hydrogen) atoms. The van der Waals surface area contributed by atoms with Gasteiger partial charge in [-0.15, -0.1) is 0 Å². The topological polar surface area (TPSA) is 9.23 Å². The average molecular weight is 206 g/mol. The van der Waals surface area contributed by atoms with E-state index in [2.05, 4.69) is 53.7 Å². The number of rotatable bonds is 3. The zero-order valence-electron chi connectivity index (χ0n) is 10.7. The Hall–Kier alpha value is -0.980. The lowest BCUT2D eigenvalue weighted by Gasteiger charge is -2.17. The lowest BCUT2D eigenvalue weighted by molar-refractivity contribution is 0.240. The molecule has 1 heteroatoms. The van der Waals surface area contributed by atoms with Gasteiger partial charge in [-0.2, -0.15) is 0 Å². The van der Waals surface area contributed by atoms with Crippen LogP contribution in [0, 0.1) is 13.8 Å². The molecule has 0 fully saturated rings. The second-order valence-corrected chi connectivity index (χ2v) is 4.80. The molecule has 0 N–H and O–H groups in total. The Balaban J connectivity index is 3.11. The molecule has 0 heterocycles. The summed E-state index contributed by atoms with van der Waals surface area (Å²) in [4.78, 5) is 0. The van der Waals surface area contributed by atoms with Gasteiger partial charge in [-0.1, -0.05) is 19.9 Å². The van der Waals surface area contributed by atoms with E-state index >= 15 is 0 Å². The summed E-state index contributed by atoms with van der Waals surface area (Å²) in [7, 11) is 0. The maximum absolute atomic E-state index is 5.79. The van der Waals surface area contributed by atoms with Crippen LogP contribution in [0.1, 0.15) is 50.3 Å². The van der Waals surface area contributed by atoms with Crippen LogP contribution in [0.5, 0.6) is 5.75 Å². The summed E-state index contributed by atoms with van der Waals surface area (Å²) >= 11 is 0. The Bertz CT molecular complexity index is 337. The first-order valence-electron chi connectivity index (χ1n) is 5.69. The molecule has 0 aliphatic carbocycles. The number of hydrogen-bond donors (Lipinski definition) is 0. The highest BCUT2D eigenvalue weighted by molar-refractivity contribution is 5.42. The van der Waals surface area contributed by atoms with Crippen molar-refractivity contribution in [2.24, 2.45) is 0 Å². The van der Waals surface area contributed by atoms with Crippen LogP contribution in [-0.2, 0) is 0 Å². The monoisotopic (exact) mass is 206 g/mol. The largest absolute Gasteiger partial charge is 0.491 e. The molecule has 1 aromatic carbocycles. The van der Waals surface area contributed by atoms with E-state index in [1.165, 1.54) is 16.7 Å². The number of ether oxygens (including phenoxy) is 1. The fourth-order valence-electron chi connectivity index (χ4n) is 1.85. The van der Waals surface area contributed by atoms with E-state index in [9.17, 15) is 0 Å². The molecule has 84 valence electrons. The van der Waals surface area contributed by atoms with E-state index in [1.807, 2.05) is 0 Å². The van der Waals surface area contributed by atoms with Crippen LogP contribution in [0.25, 0.3) is 0 Å². The van der Waals surface area contributed by atoms with Crippen LogP contribution in [-0.4, -0.2) is 6.10 Å². The van der Waals surface area contributed by atoms with Crippen LogP contribution < -0.4 is 4.74 Å². The van der Waals surface area contributed by atoms with Gasteiger partial charge in [0.2, 0.25) is 0 Å². The minimum atomic E-state index is 0.242. The molecule has 0 aliphatic rings. The van der Waals surface area contributed by atoms with Crippen molar-refractivity contribution < 1.29 is 4.74 Å². The van der Waals surface area contributed by atoms with Crippen molar-refractivity contribution in [1.82, 2.24) is 0 Å². The number of benzene rings is 1. The Morgan fingerprint density at radius 1 is 0.933 bits per heavy atom. The van der Waals surface area contributed by atoms with Crippen LogP contribution in [0.2, 0.25) is 0 Å². The third-order valence-electron chi connectivity index (χ3n) is 2.55. The van der Waals surface area contributed by atoms with Crippen LogP contribution in [0.4, 0.5) is 0 Å². The van der Waals surface area contributed by atoms with Crippen molar-refractivity contribution in [2.75, 3.05) is 0 Å². The maximum atomic E-state index is 5.79. The summed E-state index contributed by atoms with van der Waals surface area (Å²) in [6.45, 7) is 12.8. The van der Waals surface area contributed by atoms with Gasteiger partial charge < -0.3 is 4.74 Å². The molecule has 0 spiro atoms. The first-order chi connectivity index (χ1) is 6.91. The lowest BCUT2D eigenvalue weighted by Crippen LogP contribution is -2.07. The van der Waals surface area contributed by atoms with E-state index in [-0.39, 0.29) is 6.10 Å². The van der Waals surface area contributed by atoms with Crippen LogP contribution in [0.15, 0.2) is 12.1 Å². The molecule has 0 saturated carbocycles. The lowest BCUT2D eigenvalue weighted by atomic mass is 9.96. The summed E-state index contributed by atoms with van der Waals surface area (Å²) in [5.74, 6) is 1.58. The summed E-state index contributed by atoms with van der Waals surface area (Å²) < 4.78 is 5.79. The highest BCUT2D eigenvalue weighted by Crippen LogP contribution is 2.28. The van der Waals surface area contributed by atoms with Crippen LogP contribution in [0.3, 0.4) is 0 Å². The standard InChI is InChI=1S/C14H22O/c1-9(2)13-8-14(15-10(3)4)12(6)7-11(13)5/h7-10H,1-6H3. The second-order valence-electron chi connectivity index (χ2n) is 4.80. The van der Waals surface area contributed by atoms with Crippen molar-refractivity contribution >= 4 is 0 Å². The molecule has 1 nitrogen and oxygen atoms in total. The Labute approximate surface area is 93.5 Å². The molecule has 0 radical (unpaired) electrons. The van der Waals surface area contributed by atoms with Gasteiger partial charge in [-0.05, 0) is 56.4 Å². The van der Waals surface area contributed by atoms with Gasteiger partial charge in [0.1, 0.15) is 5.75 Å². The second kappa shape index (κ2) is 4.69. The molecule has 0 amide bonds. The summed E-state index contributed by atoms with van der Waals surface area (Å²) in [6, 6.07) is 4.41. The van der Waals surface area contributed by atoms with Crippen molar-refractivity contribution in [1.29, 1.82) is 0 Å². The maximum Gasteiger partial charge on any atom is 0.122 e. The fraction of sp³-hybridized carbons (Fsp3) is 0.571. The van der Waals surface area contributed by atoms with Gasteiger partial charge in [0.25, 0.3) is 0 Å². The molecular formula is C14H22O.